The van der Waals surface area contributed by atoms with Crippen molar-refractivity contribution >= 4 is 29.3 Å². The van der Waals surface area contributed by atoms with Gasteiger partial charge in [-0.15, -0.1) is 0 Å². The number of hydrogen-bond donors (Lipinski definition) is 1. The van der Waals surface area contributed by atoms with Crippen molar-refractivity contribution in [1.82, 2.24) is 9.97 Å². The van der Waals surface area contributed by atoms with Gasteiger partial charge < -0.3 is 5.73 Å². The van der Waals surface area contributed by atoms with Crippen LogP contribution in [-0.2, 0) is 5.75 Å². The summed E-state index contributed by atoms with van der Waals surface area (Å²) in [5.41, 5.74) is 6.34. The second-order valence-corrected chi connectivity index (χ2v) is 6.80. The maximum absolute atomic E-state index is 15.1. The van der Waals surface area contributed by atoms with Gasteiger partial charge in [-0.3, -0.25) is 0 Å². The van der Waals surface area contributed by atoms with Crippen molar-refractivity contribution in [3.8, 4) is 22.5 Å². The molecule has 0 saturated carbocycles. The highest BCUT2D eigenvalue weighted by Gasteiger charge is 2.20. The molecule has 0 aliphatic rings. The van der Waals surface area contributed by atoms with Crippen LogP contribution in [0.4, 0.5) is 19.1 Å². The van der Waals surface area contributed by atoms with Crippen LogP contribution >= 0.6 is 23.4 Å². The third-order valence-electron chi connectivity index (χ3n) is 3.60. The molecule has 8 heteroatoms. The SMILES string of the molecule is CSCc1cc(Cl)cc(-c2nc(N)nc(-c3ccc(F)cc3F)c2F)c1. The third-order valence-corrected chi connectivity index (χ3v) is 4.44. The summed E-state index contributed by atoms with van der Waals surface area (Å²) < 4.78 is 42.3. The minimum absolute atomic E-state index is 0.0962. The first-order valence-corrected chi connectivity index (χ1v) is 9.23. The third kappa shape index (κ3) is 3.78. The molecule has 3 aromatic rings. The van der Waals surface area contributed by atoms with Crippen LogP contribution in [0, 0.1) is 17.5 Å². The molecular formula is C18H13ClF3N3S. The Labute approximate surface area is 157 Å². The van der Waals surface area contributed by atoms with E-state index < -0.39 is 17.5 Å². The first kappa shape index (κ1) is 18.5. The van der Waals surface area contributed by atoms with Crippen LogP contribution in [0.3, 0.4) is 0 Å². The largest absolute Gasteiger partial charge is 0.368 e. The average Bonchev–Trinajstić information content (AvgIpc) is 2.57. The first-order chi connectivity index (χ1) is 12.4. The van der Waals surface area contributed by atoms with Crippen LogP contribution in [0.25, 0.3) is 22.5 Å². The summed E-state index contributed by atoms with van der Waals surface area (Å²) in [5.74, 6) is -2.13. The molecule has 0 fully saturated rings. The van der Waals surface area contributed by atoms with Crippen LogP contribution < -0.4 is 5.73 Å². The number of nitrogens with two attached hydrogens (primary N) is 1. The standard InChI is InChI=1S/C18H13ClF3N3S/c1-26-8-9-4-10(6-11(19)5-9)16-15(22)17(25-18(23)24-16)13-3-2-12(20)7-14(13)21/h2-7H,8H2,1H3,(H2,23,24,25). The van der Waals surface area contributed by atoms with Gasteiger partial charge in [0, 0.05) is 28.0 Å². The maximum Gasteiger partial charge on any atom is 0.221 e. The first-order valence-electron chi connectivity index (χ1n) is 7.46. The number of halogens is 4. The van der Waals surface area contributed by atoms with Gasteiger partial charge in [-0.05, 0) is 42.2 Å². The van der Waals surface area contributed by atoms with Gasteiger partial charge in [-0.2, -0.15) is 11.8 Å². The molecular weight excluding hydrogens is 383 g/mol. The number of nitrogens with zero attached hydrogens (tertiary/aromatic N) is 2. The van der Waals surface area contributed by atoms with Gasteiger partial charge in [-0.25, -0.2) is 23.1 Å². The molecule has 0 unspecified atom stereocenters. The highest BCUT2D eigenvalue weighted by atomic mass is 35.5. The Hall–Kier alpha value is -2.25. The Balaban J connectivity index is 2.20. The zero-order valence-electron chi connectivity index (χ0n) is 13.6. The van der Waals surface area contributed by atoms with Gasteiger partial charge in [0.05, 0.1) is 0 Å². The maximum atomic E-state index is 15.1. The molecule has 0 radical (unpaired) electrons. The summed E-state index contributed by atoms with van der Waals surface area (Å²) in [4.78, 5) is 7.74. The predicted molar refractivity (Wildman–Crippen MR) is 99.4 cm³/mol. The molecule has 0 bridgehead atoms. The van der Waals surface area contributed by atoms with Crippen LogP contribution in [0.2, 0.25) is 5.02 Å². The average molecular weight is 396 g/mol. The fourth-order valence-corrected chi connectivity index (χ4v) is 3.31. The van der Waals surface area contributed by atoms with Crippen LogP contribution in [0.15, 0.2) is 36.4 Å². The fraction of sp³-hybridized carbons (Fsp3) is 0.111. The van der Waals surface area contributed by atoms with Crippen molar-refractivity contribution in [1.29, 1.82) is 0 Å². The highest BCUT2D eigenvalue weighted by molar-refractivity contribution is 7.97. The quantitative estimate of drug-likeness (QED) is 0.649. The van der Waals surface area contributed by atoms with E-state index in [-0.39, 0.29) is 22.9 Å². The van der Waals surface area contributed by atoms with Gasteiger partial charge in [0.1, 0.15) is 23.0 Å². The molecule has 0 saturated heterocycles. The number of hydrogen-bond acceptors (Lipinski definition) is 4. The van der Waals surface area contributed by atoms with Gasteiger partial charge in [-0.1, -0.05) is 11.6 Å². The van der Waals surface area contributed by atoms with Crippen molar-refractivity contribution in [2.75, 3.05) is 12.0 Å². The van der Waals surface area contributed by atoms with E-state index in [4.69, 9.17) is 17.3 Å². The van der Waals surface area contributed by atoms with Crippen molar-refractivity contribution in [2.24, 2.45) is 0 Å². The highest BCUT2D eigenvalue weighted by Crippen LogP contribution is 2.33. The van der Waals surface area contributed by atoms with Gasteiger partial charge in [0.15, 0.2) is 5.82 Å². The lowest BCUT2D eigenvalue weighted by atomic mass is 10.0. The van der Waals surface area contributed by atoms with Crippen molar-refractivity contribution in [3.63, 3.8) is 0 Å². The lowest BCUT2D eigenvalue weighted by Gasteiger charge is -2.11. The van der Waals surface area contributed by atoms with Gasteiger partial charge >= 0.3 is 0 Å². The zero-order chi connectivity index (χ0) is 18.8. The molecule has 0 spiro atoms. The van der Waals surface area contributed by atoms with E-state index in [1.165, 1.54) is 0 Å². The molecule has 1 aromatic heterocycles. The minimum Gasteiger partial charge on any atom is -0.368 e. The Morgan fingerprint density at radius 2 is 1.77 bits per heavy atom. The second-order valence-electron chi connectivity index (χ2n) is 5.50. The Kier molecular flexibility index (Phi) is 5.38. The van der Waals surface area contributed by atoms with E-state index in [1.807, 2.05) is 6.26 Å². The Morgan fingerprint density at radius 1 is 1.04 bits per heavy atom. The molecule has 1 heterocycles. The topological polar surface area (TPSA) is 51.8 Å². The van der Waals surface area contributed by atoms with Crippen molar-refractivity contribution in [3.05, 3.63) is 64.4 Å². The van der Waals surface area contributed by atoms with E-state index in [2.05, 4.69) is 9.97 Å². The predicted octanol–water partition coefficient (Wildman–Crippen LogP) is 5.33. The molecule has 0 atom stereocenters. The molecule has 134 valence electrons. The van der Waals surface area contributed by atoms with Crippen LogP contribution in [0.5, 0.6) is 0 Å². The summed E-state index contributed by atoms with van der Waals surface area (Å²) in [5, 5.41) is 0.414. The minimum atomic E-state index is -0.942. The number of benzene rings is 2. The van der Waals surface area contributed by atoms with E-state index >= 15 is 4.39 Å². The van der Waals surface area contributed by atoms with E-state index in [1.54, 1.807) is 30.0 Å². The van der Waals surface area contributed by atoms with Crippen LogP contribution in [0.1, 0.15) is 5.56 Å². The number of nitrogen functional groups attached to an aromatic ring is 1. The smallest absolute Gasteiger partial charge is 0.221 e. The zero-order valence-corrected chi connectivity index (χ0v) is 15.1. The van der Waals surface area contributed by atoms with E-state index in [9.17, 15) is 8.78 Å². The summed E-state index contributed by atoms with van der Waals surface area (Å²) in [6.45, 7) is 0. The van der Waals surface area contributed by atoms with Crippen LogP contribution in [-0.4, -0.2) is 16.2 Å². The number of aromatic nitrogens is 2. The molecule has 26 heavy (non-hydrogen) atoms. The summed E-state index contributed by atoms with van der Waals surface area (Å²) in [6.07, 6.45) is 1.93. The van der Waals surface area contributed by atoms with E-state index in [0.717, 1.165) is 17.7 Å². The molecule has 3 nitrogen and oxygen atoms in total. The number of rotatable bonds is 4. The normalized spacial score (nSPS) is 11.0. The second kappa shape index (κ2) is 7.55. The summed E-state index contributed by atoms with van der Waals surface area (Å²) >= 11 is 7.70. The van der Waals surface area contributed by atoms with Crippen molar-refractivity contribution in [2.45, 2.75) is 5.75 Å². The number of anilines is 1. The Bertz CT molecular complexity index is 982. The monoisotopic (exact) mass is 395 g/mol. The molecule has 0 aliphatic carbocycles. The van der Waals surface area contributed by atoms with Crippen molar-refractivity contribution < 1.29 is 13.2 Å². The molecule has 3 rings (SSSR count). The lowest BCUT2D eigenvalue weighted by molar-refractivity contribution is 0.581. The van der Waals surface area contributed by atoms with Gasteiger partial charge in [0.2, 0.25) is 5.95 Å². The molecule has 0 aliphatic heterocycles. The Morgan fingerprint density at radius 3 is 2.46 bits per heavy atom. The van der Waals surface area contributed by atoms with Gasteiger partial charge in [0.25, 0.3) is 0 Å². The fourth-order valence-electron chi connectivity index (χ4n) is 2.55. The molecule has 0 amide bonds. The van der Waals surface area contributed by atoms with E-state index in [0.29, 0.717) is 22.4 Å². The lowest BCUT2D eigenvalue weighted by Crippen LogP contribution is -2.04. The summed E-state index contributed by atoms with van der Waals surface area (Å²) in [6, 6.07) is 7.83. The number of thioether (sulfide) groups is 1. The summed E-state index contributed by atoms with van der Waals surface area (Å²) in [7, 11) is 0. The molecule has 2 aromatic carbocycles. The molecule has 2 N–H and O–H groups in total.